The van der Waals surface area contributed by atoms with Crippen molar-refractivity contribution < 1.29 is 18.7 Å². The van der Waals surface area contributed by atoms with Gasteiger partial charge < -0.3 is 15.3 Å². The third-order valence-electron chi connectivity index (χ3n) is 6.90. The fourth-order valence-electron chi connectivity index (χ4n) is 4.83. The van der Waals surface area contributed by atoms with Gasteiger partial charge in [-0.2, -0.15) is 0 Å². The summed E-state index contributed by atoms with van der Waals surface area (Å²) in [6.45, 7) is 2.92. The standard InChI is InChI=1S/C25H30F2N2O2/c26-20-7-6-19(22(27)14-20)16-25(9-12-29(13-10-25)11-8-24(30)31)17-28-23-15-21(23)18-4-2-1-3-5-18/h1-7,14,21,23,28H,8-13,15-17H2,(H,30,31)/t21-,23+/m0/s1. The number of nitrogens with one attached hydrogen (secondary N) is 1. The van der Waals surface area contributed by atoms with Crippen molar-refractivity contribution in [2.24, 2.45) is 5.41 Å². The molecular formula is C25H30F2N2O2. The molecule has 2 N–H and O–H groups in total. The van der Waals surface area contributed by atoms with Gasteiger partial charge in [0, 0.05) is 31.1 Å². The number of hydrogen-bond acceptors (Lipinski definition) is 3. The van der Waals surface area contributed by atoms with E-state index in [0.29, 0.717) is 30.5 Å². The van der Waals surface area contributed by atoms with Gasteiger partial charge in [-0.3, -0.25) is 4.79 Å². The quantitative estimate of drug-likeness (QED) is 0.628. The summed E-state index contributed by atoms with van der Waals surface area (Å²) >= 11 is 0. The van der Waals surface area contributed by atoms with Crippen LogP contribution in [0.4, 0.5) is 8.78 Å². The van der Waals surface area contributed by atoms with Crippen LogP contribution < -0.4 is 5.32 Å². The molecule has 0 spiro atoms. The highest BCUT2D eigenvalue weighted by Gasteiger charge is 2.41. The molecular weight excluding hydrogens is 398 g/mol. The van der Waals surface area contributed by atoms with E-state index in [1.165, 1.54) is 11.6 Å². The molecule has 1 aliphatic heterocycles. The Hall–Kier alpha value is -2.31. The second-order valence-electron chi connectivity index (χ2n) is 9.14. The normalized spacial score (nSPS) is 22.9. The molecule has 1 saturated carbocycles. The van der Waals surface area contributed by atoms with Crippen molar-refractivity contribution in [3.8, 4) is 0 Å². The molecule has 4 nitrogen and oxygen atoms in total. The first-order valence-corrected chi connectivity index (χ1v) is 11.1. The van der Waals surface area contributed by atoms with E-state index >= 15 is 0 Å². The van der Waals surface area contributed by atoms with Gasteiger partial charge in [-0.25, -0.2) is 8.78 Å². The van der Waals surface area contributed by atoms with Gasteiger partial charge in [0.25, 0.3) is 0 Å². The predicted octanol–water partition coefficient (Wildman–Crippen LogP) is 4.21. The maximum Gasteiger partial charge on any atom is 0.304 e. The summed E-state index contributed by atoms with van der Waals surface area (Å²) in [5.41, 5.74) is 1.78. The zero-order chi connectivity index (χ0) is 21.8. The first-order chi connectivity index (χ1) is 14.9. The Morgan fingerprint density at radius 2 is 1.87 bits per heavy atom. The van der Waals surface area contributed by atoms with E-state index in [2.05, 4.69) is 34.5 Å². The van der Waals surface area contributed by atoms with Crippen LogP contribution in [-0.4, -0.2) is 48.2 Å². The van der Waals surface area contributed by atoms with E-state index in [4.69, 9.17) is 5.11 Å². The molecule has 2 atom stereocenters. The Balaban J connectivity index is 1.41. The number of likely N-dealkylation sites (tertiary alicyclic amines) is 1. The van der Waals surface area contributed by atoms with Crippen molar-refractivity contribution in [2.45, 2.75) is 44.1 Å². The summed E-state index contributed by atoms with van der Waals surface area (Å²) in [7, 11) is 0. The van der Waals surface area contributed by atoms with Gasteiger partial charge in [0.15, 0.2) is 0 Å². The number of rotatable bonds is 9. The van der Waals surface area contributed by atoms with E-state index in [1.807, 2.05) is 6.07 Å². The smallest absolute Gasteiger partial charge is 0.304 e. The van der Waals surface area contributed by atoms with Crippen LogP contribution in [0.3, 0.4) is 0 Å². The minimum absolute atomic E-state index is 0.123. The fourth-order valence-corrected chi connectivity index (χ4v) is 4.83. The monoisotopic (exact) mass is 428 g/mol. The average Bonchev–Trinajstić information content (AvgIpc) is 3.55. The number of carbonyl (C=O) groups is 1. The second-order valence-corrected chi connectivity index (χ2v) is 9.14. The SMILES string of the molecule is O=C(O)CCN1CCC(CN[C@@H]2C[C@H]2c2ccccc2)(Cc2ccc(F)cc2F)CC1. The van der Waals surface area contributed by atoms with E-state index in [9.17, 15) is 13.6 Å². The zero-order valence-corrected chi connectivity index (χ0v) is 17.7. The van der Waals surface area contributed by atoms with Gasteiger partial charge in [0.05, 0.1) is 6.42 Å². The summed E-state index contributed by atoms with van der Waals surface area (Å²) < 4.78 is 27.8. The molecule has 0 radical (unpaired) electrons. The van der Waals surface area contributed by atoms with Crippen molar-refractivity contribution in [3.63, 3.8) is 0 Å². The van der Waals surface area contributed by atoms with Crippen LogP contribution >= 0.6 is 0 Å². The lowest BCUT2D eigenvalue weighted by molar-refractivity contribution is -0.137. The van der Waals surface area contributed by atoms with Crippen LogP contribution in [0.2, 0.25) is 0 Å². The lowest BCUT2D eigenvalue weighted by Gasteiger charge is -2.42. The van der Waals surface area contributed by atoms with Crippen molar-refractivity contribution in [2.75, 3.05) is 26.2 Å². The number of piperidine rings is 1. The highest BCUT2D eigenvalue weighted by atomic mass is 19.1. The Morgan fingerprint density at radius 3 is 2.55 bits per heavy atom. The van der Waals surface area contributed by atoms with Crippen molar-refractivity contribution in [1.29, 1.82) is 0 Å². The minimum atomic E-state index is -0.785. The number of halogens is 2. The summed E-state index contributed by atoms with van der Waals surface area (Å²) in [6, 6.07) is 14.8. The van der Waals surface area contributed by atoms with Gasteiger partial charge in [-0.05, 0) is 61.4 Å². The lowest BCUT2D eigenvalue weighted by atomic mass is 9.73. The first-order valence-electron chi connectivity index (χ1n) is 11.1. The predicted molar refractivity (Wildman–Crippen MR) is 116 cm³/mol. The van der Waals surface area contributed by atoms with Gasteiger partial charge in [0.2, 0.25) is 0 Å². The molecule has 2 aromatic carbocycles. The van der Waals surface area contributed by atoms with Gasteiger partial charge in [-0.15, -0.1) is 0 Å². The Bertz CT molecular complexity index is 898. The molecule has 0 unspecified atom stereocenters. The van der Waals surface area contributed by atoms with E-state index in [-0.39, 0.29) is 11.8 Å². The number of carboxylic acid groups (broad SMARTS) is 1. The van der Waals surface area contributed by atoms with E-state index < -0.39 is 17.6 Å². The molecule has 4 rings (SSSR count). The summed E-state index contributed by atoms with van der Waals surface area (Å²) in [6.07, 6.45) is 3.52. The highest BCUT2D eigenvalue weighted by molar-refractivity contribution is 5.66. The van der Waals surface area contributed by atoms with Crippen molar-refractivity contribution >= 4 is 5.97 Å². The number of hydrogen-bond donors (Lipinski definition) is 2. The zero-order valence-electron chi connectivity index (χ0n) is 17.7. The molecule has 0 aromatic heterocycles. The number of aliphatic carboxylic acids is 1. The number of carboxylic acids is 1. The molecule has 1 saturated heterocycles. The van der Waals surface area contributed by atoms with Crippen LogP contribution in [0.1, 0.15) is 42.7 Å². The highest BCUT2D eigenvalue weighted by Crippen LogP contribution is 2.42. The second kappa shape index (κ2) is 9.45. The maximum absolute atomic E-state index is 14.4. The molecule has 2 aliphatic rings. The van der Waals surface area contributed by atoms with Gasteiger partial charge >= 0.3 is 5.97 Å². The first kappa shape index (κ1) is 21.9. The molecule has 2 aromatic rings. The number of benzene rings is 2. The topological polar surface area (TPSA) is 52.6 Å². The molecule has 0 amide bonds. The fraction of sp³-hybridized carbons (Fsp3) is 0.480. The summed E-state index contributed by atoms with van der Waals surface area (Å²) in [4.78, 5) is 13.1. The number of nitrogens with zero attached hydrogens (tertiary/aromatic N) is 1. The van der Waals surface area contributed by atoms with Crippen LogP contribution in [-0.2, 0) is 11.2 Å². The van der Waals surface area contributed by atoms with Crippen molar-refractivity contribution in [1.82, 2.24) is 10.2 Å². The van der Waals surface area contributed by atoms with Crippen LogP contribution in [0, 0.1) is 17.0 Å². The largest absolute Gasteiger partial charge is 0.481 e. The molecule has 166 valence electrons. The molecule has 31 heavy (non-hydrogen) atoms. The molecule has 0 bridgehead atoms. The lowest BCUT2D eigenvalue weighted by Crippen LogP contribution is -2.47. The third kappa shape index (κ3) is 5.69. The van der Waals surface area contributed by atoms with Crippen LogP contribution in [0.25, 0.3) is 0 Å². The Morgan fingerprint density at radius 1 is 1.13 bits per heavy atom. The Labute approximate surface area is 182 Å². The maximum atomic E-state index is 14.4. The van der Waals surface area contributed by atoms with E-state index in [1.54, 1.807) is 6.07 Å². The third-order valence-corrected chi connectivity index (χ3v) is 6.90. The summed E-state index contributed by atoms with van der Waals surface area (Å²) in [5.74, 6) is -1.30. The van der Waals surface area contributed by atoms with Crippen molar-refractivity contribution in [3.05, 3.63) is 71.3 Å². The minimum Gasteiger partial charge on any atom is -0.481 e. The van der Waals surface area contributed by atoms with Gasteiger partial charge in [0.1, 0.15) is 11.6 Å². The van der Waals surface area contributed by atoms with Crippen LogP contribution in [0.15, 0.2) is 48.5 Å². The molecule has 6 heteroatoms. The average molecular weight is 429 g/mol. The molecule has 1 heterocycles. The molecule has 1 aliphatic carbocycles. The van der Waals surface area contributed by atoms with E-state index in [0.717, 1.165) is 45.0 Å². The molecule has 2 fully saturated rings. The Kier molecular flexibility index (Phi) is 6.68. The summed E-state index contributed by atoms with van der Waals surface area (Å²) in [5, 5.41) is 12.7. The van der Waals surface area contributed by atoms with Crippen LogP contribution in [0.5, 0.6) is 0 Å². The van der Waals surface area contributed by atoms with Gasteiger partial charge in [-0.1, -0.05) is 36.4 Å².